The average molecular weight is 302 g/mol. The molecule has 1 amide bonds. The molecule has 0 unspecified atom stereocenters. The average Bonchev–Trinajstić information content (AvgIpc) is 3.04. The van der Waals surface area contributed by atoms with E-state index in [9.17, 15) is 4.79 Å². The van der Waals surface area contributed by atoms with E-state index in [0.717, 1.165) is 30.9 Å². The van der Waals surface area contributed by atoms with E-state index >= 15 is 0 Å². The van der Waals surface area contributed by atoms with Gasteiger partial charge in [0, 0.05) is 25.5 Å². The molecule has 22 heavy (non-hydrogen) atoms. The largest absolute Gasteiger partial charge is 0.348 e. The lowest BCUT2D eigenvalue weighted by Gasteiger charge is -2.22. The van der Waals surface area contributed by atoms with Gasteiger partial charge < -0.3 is 14.4 Å². The molecule has 1 aliphatic heterocycles. The van der Waals surface area contributed by atoms with Gasteiger partial charge in [-0.05, 0) is 32.6 Å². The van der Waals surface area contributed by atoms with Crippen molar-refractivity contribution in [3.05, 3.63) is 35.9 Å². The molecule has 0 N–H and O–H groups in total. The van der Waals surface area contributed by atoms with Crippen LogP contribution in [-0.4, -0.2) is 62.5 Å². The Morgan fingerprint density at radius 2 is 2.05 bits per heavy atom. The monoisotopic (exact) mass is 302 g/mol. The van der Waals surface area contributed by atoms with Gasteiger partial charge in [0.05, 0.1) is 25.3 Å². The summed E-state index contributed by atoms with van der Waals surface area (Å²) in [4.78, 5) is 16.2. The normalized spacial score (nSPS) is 15.0. The summed E-state index contributed by atoms with van der Waals surface area (Å²) in [6.07, 6.45) is 4.94. The Morgan fingerprint density at radius 3 is 2.77 bits per heavy atom. The Hall–Kier alpha value is -2.15. The molecule has 0 aliphatic carbocycles. The molecule has 0 saturated carbocycles. The minimum Gasteiger partial charge on any atom is -0.348 e. The van der Waals surface area contributed by atoms with E-state index < -0.39 is 0 Å². The van der Waals surface area contributed by atoms with Crippen LogP contribution in [0.4, 0.5) is 0 Å². The fourth-order valence-corrected chi connectivity index (χ4v) is 2.75. The zero-order valence-corrected chi connectivity index (χ0v) is 13.1. The topological polar surface area (TPSA) is 59.2 Å². The molecule has 118 valence electrons. The molecule has 7 nitrogen and oxygen atoms in total. The van der Waals surface area contributed by atoms with Gasteiger partial charge in [0.1, 0.15) is 5.69 Å². The molecular formula is C15H22N6O. The predicted molar refractivity (Wildman–Crippen MR) is 82.1 cm³/mol. The number of amides is 1. The molecule has 7 heteroatoms. The number of nitrogens with zero attached hydrogens (tertiary/aromatic N) is 6. The molecule has 1 aliphatic rings. The first-order valence-corrected chi connectivity index (χ1v) is 7.58. The van der Waals surface area contributed by atoms with Crippen LogP contribution in [0.1, 0.15) is 17.8 Å². The maximum atomic E-state index is 12.4. The first-order valence-electron chi connectivity index (χ1n) is 7.58. The molecule has 0 saturated heterocycles. The maximum Gasteiger partial charge on any atom is 0.237 e. The van der Waals surface area contributed by atoms with Crippen molar-refractivity contribution >= 4 is 5.91 Å². The molecule has 0 aromatic carbocycles. The van der Waals surface area contributed by atoms with Crippen molar-refractivity contribution in [3.8, 4) is 0 Å². The minimum absolute atomic E-state index is 0.159. The lowest BCUT2D eigenvalue weighted by Crippen LogP contribution is -2.37. The van der Waals surface area contributed by atoms with Crippen molar-refractivity contribution in [1.82, 2.24) is 29.4 Å². The summed E-state index contributed by atoms with van der Waals surface area (Å²) in [6, 6.07) is 3.99. The zero-order valence-electron chi connectivity index (χ0n) is 13.1. The molecule has 2 aromatic heterocycles. The van der Waals surface area contributed by atoms with Gasteiger partial charge >= 0.3 is 0 Å². The van der Waals surface area contributed by atoms with Crippen LogP contribution in [-0.2, 0) is 24.4 Å². The van der Waals surface area contributed by atoms with Crippen LogP contribution in [0.15, 0.2) is 24.5 Å². The Kier molecular flexibility index (Phi) is 4.24. The van der Waals surface area contributed by atoms with Crippen molar-refractivity contribution < 1.29 is 4.79 Å². The molecule has 2 aromatic rings. The smallest absolute Gasteiger partial charge is 0.237 e. The second-order valence-corrected chi connectivity index (χ2v) is 5.97. The number of aromatic nitrogens is 4. The highest BCUT2D eigenvalue weighted by atomic mass is 16.2. The summed E-state index contributed by atoms with van der Waals surface area (Å²) < 4.78 is 4.02. The fourth-order valence-electron chi connectivity index (χ4n) is 2.75. The van der Waals surface area contributed by atoms with Gasteiger partial charge in [-0.3, -0.25) is 4.79 Å². The number of carbonyl (C=O) groups excluding carboxylic acids is 1. The molecular weight excluding hydrogens is 280 g/mol. The summed E-state index contributed by atoms with van der Waals surface area (Å²) in [5.41, 5.74) is 2.00. The first kappa shape index (κ1) is 14.8. The van der Waals surface area contributed by atoms with Crippen LogP contribution in [0, 0.1) is 0 Å². The summed E-state index contributed by atoms with van der Waals surface area (Å²) in [5.74, 6) is 0.159. The number of likely N-dealkylation sites (N-methyl/N-ethyl adjacent to an activating group) is 1. The van der Waals surface area contributed by atoms with E-state index in [-0.39, 0.29) is 5.91 Å². The SMILES string of the molecule is CN(C)CC(=O)N1CCCn2nnc(Cn3cccc3)c2C1. The summed E-state index contributed by atoms with van der Waals surface area (Å²) in [6.45, 7) is 3.32. The van der Waals surface area contributed by atoms with E-state index in [1.807, 2.05) is 53.1 Å². The van der Waals surface area contributed by atoms with Crippen molar-refractivity contribution in [2.24, 2.45) is 0 Å². The Morgan fingerprint density at radius 1 is 1.27 bits per heavy atom. The standard InChI is InChI=1S/C15H22N6O/c1-18(2)12-15(22)20-8-5-9-21-14(11-20)13(16-17-21)10-19-6-3-4-7-19/h3-4,6-7H,5,8-12H2,1-2H3. The molecule has 0 bridgehead atoms. The molecule has 0 spiro atoms. The van der Waals surface area contributed by atoms with Gasteiger partial charge in [0.2, 0.25) is 5.91 Å². The lowest BCUT2D eigenvalue weighted by atomic mass is 10.3. The van der Waals surface area contributed by atoms with Gasteiger partial charge in [-0.2, -0.15) is 0 Å². The van der Waals surface area contributed by atoms with Crippen LogP contribution in [0.5, 0.6) is 0 Å². The van der Waals surface area contributed by atoms with Crippen molar-refractivity contribution in [2.45, 2.75) is 26.1 Å². The van der Waals surface area contributed by atoms with Crippen LogP contribution in [0.25, 0.3) is 0 Å². The van der Waals surface area contributed by atoms with Gasteiger partial charge in [-0.15, -0.1) is 5.10 Å². The number of fused-ring (bicyclic) bond motifs is 1. The predicted octanol–water partition coefficient (Wildman–Crippen LogP) is 0.422. The molecule has 0 atom stereocenters. The summed E-state index contributed by atoms with van der Waals surface area (Å²) in [7, 11) is 3.83. The Labute approximate surface area is 130 Å². The third-order valence-corrected chi connectivity index (χ3v) is 3.86. The van der Waals surface area contributed by atoms with Gasteiger partial charge in [-0.1, -0.05) is 5.21 Å². The number of rotatable bonds is 4. The van der Waals surface area contributed by atoms with Crippen LogP contribution in [0.2, 0.25) is 0 Å². The second-order valence-electron chi connectivity index (χ2n) is 5.97. The highest BCUT2D eigenvalue weighted by Crippen LogP contribution is 2.16. The van der Waals surface area contributed by atoms with Crippen LogP contribution in [0.3, 0.4) is 0 Å². The van der Waals surface area contributed by atoms with E-state index in [4.69, 9.17) is 0 Å². The zero-order chi connectivity index (χ0) is 15.5. The summed E-state index contributed by atoms with van der Waals surface area (Å²) >= 11 is 0. The van der Waals surface area contributed by atoms with E-state index in [1.54, 1.807) is 0 Å². The van der Waals surface area contributed by atoms with Gasteiger partial charge in [-0.25, -0.2) is 4.68 Å². The van der Waals surface area contributed by atoms with Crippen molar-refractivity contribution in [2.75, 3.05) is 27.2 Å². The number of aryl methyl sites for hydroxylation is 1. The number of hydrogen-bond donors (Lipinski definition) is 0. The number of carbonyl (C=O) groups is 1. The van der Waals surface area contributed by atoms with Gasteiger partial charge in [0.15, 0.2) is 0 Å². The fraction of sp³-hybridized carbons (Fsp3) is 0.533. The van der Waals surface area contributed by atoms with Crippen molar-refractivity contribution in [3.63, 3.8) is 0 Å². The Bertz CT molecular complexity index is 631. The highest BCUT2D eigenvalue weighted by molar-refractivity contribution is 5.78. The molecule has 0 radical (unpaired) electrons. The summed E-state index contributed by atoms with van der Waals surface area (Å²) in [5, 5.41) is 8.57. The minimum atomic E-state index is 0.159. The van der Waals surface area contributed by atoms with Crippen LogP contribution >= 0.6 is 0 Å². The van der Waals surface area contributed by atoms with Crippen molar-refractivity contribution in [1.29, 1.82) is 0 Å². The van der Waals surface area contributed by atoms with E-state index in [1.165, 1.54) is 0 Å². The first-order chi connectivity index (χ1) is 10.6. The van der Waals surface area contributed by atoms with Gasteiger partial charge in [0.25, 0.3) is 0 Å². The molecule has 3 heterocycles. The van der Waals surface area contributed by atoms with Crippen LogP contribution < -0.4 is 0 Å². The maximum absolute atomic E-state index is 12.4. The quantitative estimate of drug-likeness (QED) is 0.821. The third-order valence-electron chi connectivity index (χ3n) is 3.86. The van der Waals surface area contributed by atoms with E-state index in [0.29, 0.717) is 19.6 Å². The molecule has 0 fully saturated rings. The number of hydrogen-bond acceptors (Lipinski definition) is 4. The highest BCUT2D eigenvalue weighted by Gasteiger charge is 2.23. The third kappa shape index (κ3) is 3.19. The Balaban J connectivity index is 1.79. The molecule has 3 rings (SSSR count). The lowest BCUT2D eigenvalue weighted by molar-refractivity contribution is -0.132. The second kappa shape index (κ2) is 6.31. The van der Waals surface area contributed by atoms with E-state index in [2.05, 4.69) is 14.9 Å².